The van der Waals surface area contributed by atoms with Gasteiger partial charge in [0.05, 0.1) is 22.1 Å². The maximum absolute atomic E-state index is 5.78. The topological polar surface area (TPSA) is 30.7 Å². The maximum atomic E-state index is 5.78. The Morgan fingerprint density at radius 1 is 0.322 bits per heavy atom. The SMILES string of the molecule is c1ccc(-c2ccc(-c3nc4ccc5ccccc5c4nc3-n3c4cc5ccccc5cc4c4c5c6ccccc6c6ccccc6c5ccc43)c3ccccc23)cc1. The smallest absolute Gasteiger partial charge is 0.165 e. The second-order valence-electron chi connectivity index (χ2n) is 15.6. The lowest BCUT2D eigenvalue weighted by molar-refractivity contribution is 1.08. The van der Waals surface area contributed by atoms with E-state index in [2.05, 4.69) is 205 Å². The Morgan fingerprint density at radius 2 is 0.881 bits per heavy atom. The van der Waals surface area contributed by atoms with E-state index < -0.39 is 0 Å². The third-order valence-corrected chi connectivity index (χ3v) is 12.5. The molecule has 0 N–H and O–H groups in total. The Labute approximate surface area is 339 Å². The fourth-order valence-electron chi connectivity index (χ4n) is 9.91. The molecule has 0 aliphatic rings. The second kappa shape index (κ2) is 12.3. The minimum absolute atomic E-state index is 0.811. The molecular weight excluding hydrogens is 715 g/mol. The summed E-state index contributed by atoms with van der Waals surface area (Å²) in [6.07, 6.45) is 0. The molecule has 11 aromatic carbocycles. The maximum Gasteiger partial charge on any atom is 0.165 e. The molecular formula is C56H33N3. The Morgan fingerprint density at radius 3 is 1.63 bits per heavy atom. The van der Waals surface area contributed by atoms with Gasteiger partial charge in [0.1, 0.15) is 5.69 Å². The van der Waals surface area contributed by atoms with E-state index in [1.54, 1.807) is 0 Å². The highest BCUT2D eigenvalue weighted by atomic mass is 15.1. The van der Waals surface area contributed by atoms with Crippen LogP contribution in [0.5, 0.6) is 0 Å². The lowest BCUT2D eigenvalue weighted by atomic mass is 9.91. The van der Waals surface area contributed by atoms with Crippen molar-refractivity contribution in [1.82, 2.24) is 14.5 Å². The second-order valence-corrected chi connectivity index (χ2v) is 15.6. The summed E-state index contributed by atoms with van der Waals surface area (Å²) in [5.41, 5.74) is 8.23. The predicted molar refractivity (Wildman–Crippen MR) is 250 cm³/mol. The first kappa shape index (κ1) is 32.2. The van der Waals surface area contributed by atoms with Crippen molar-refractivity contribution >= 4 is 97.5 Å². The van der Waals surface area contributed by atoms with Crippen LogP contribution in [-0.2, 0) is 0 Å². The zero-order chi connectivity index (χ0) is 38.6. The molecule has 3 heteroatoms. The standard InChI is InChI=1S/C56H33N3/c1-2-14-34(15-3-1)38-27-28-47(44-24-11-8-20-40(38)44)55-56(58-54-39-19-7-6-16-35(39)26-30-49(54)57-55)59-50-31-29-46-43-23-10-9-21-41(43)42-22-12-13-25-45(42)52(46)53(50)48-32-36-17-4-5-18-37(36)33-51(48)59/h1-33H. The van der Waals surface area contributed by atoms with E-state index in [9.17, 15) is 0 Å². The van der Waals surface area contributed by atoms with Crippen LogP contribution in [0.25, 0.3) is 126 Å². The van der Waals surface area contributed by atoms with Gasteiger partial charge >= 0.3 is 0 Å². The van der Waals surface area contributed by atoms with Crippen molar-refractivity contribution in [3.63, 3.8) is 0 Å². The van der Waals surface area contributed by atoms with Crippen LogP contribution in [0.15, 0.2) is 200 Å². The van der Waals surface area contributed by atoms with E-state index in [0.29, 0.717) is 0 Å². The van der Waals surface area contributed by atoms with Crippen LogP contribution >= 0.6 is 0 Å². The predicted octanol–water partition coefficient (Wildman–Crippen LogP) is 15.0. The summed E-state index contributed by atoms with van der Waals surface area (Å²) >= 11 is 0. The van der Waals surface area contributed by atoms with E-state index in [1.165, 1.54) is 70.4 Å². The molecule has 0 saturated heterocycles. The van der Waals surface area contributed by atoms with E-state index in [0.717, 1.165) is 55.3 Å². The van der Waals surface area contributed by atoms with Crippen LogP contribution in [0, 0.1) is 0 Å². The molecule has 0 amide bonds. The quantitative estimate of drug-likeness (QED) is 0.169. The highest BCUT2D eigenvalue weighted by Crippen LogP contribution is 2.46. The van der Waals surface area contributed by atoms with Gasteiger partial charge in [-0.25, -0.2) is 9.97 Å². The number of hydrogen-bond donors (Lipinski definition) is 0. The van der Waals surface area contributed by atoms with Crippen LogP contribution < -0.4 is 0 Å². The molecule has 0 bridgehead atoms. The van der Waals surface area contributed by atoms with Gasteiger partial charge in [-0.05, 0) is 89.3 Å². The highest BCUT2D eigenvalue weighted by molar-refractivity contribution is 6.36. The number of benzene rings is 11. The normalized spacial score (nSPS) is 12.1. The third kappa shape index (κ3) is 4.64. The first-order valence-corrected chi connectivity index (χ1v) is 20.2. The fourth-order valence-corrected chi connectivity index (χ4v) is 9.91. The lowest BCUT2D eigenvalue weighted by Gasteiger charge is -2.17. The first-order valence-electron chi connectivity index (χ1n) is 20.2. The monoisotopic (exact) mass is 747 g/mol. The third-order valence-electron chi connectivity index (χ3n) is 12.5. The molecule has 0 radical (unpaired) electrons. The van der Waals surface area contributed by atoms with E-state index >= 15 is 0 Å². The molecule has 0 atom stereocenters. The van der Waals surface area contributed by atoms with Gasteiger partial charge in [-0.15, -0.1) is 0 Å². The first-order chi connectivity index (χ1) is 29.3. The Hall–Kier alpha value is -7.88. The van der Waals surface area contributed by atoms with Crippen LogP contribution in [0.3, 0.4) is 0 Å². The highest BCUT2D eigenvalue weighted by Gasteiger charge is 2.24. The molecule has 2 heterocycles. The Bertz CT molecular complexity index is 3860. The van der Waals surface area contributed by atoms with Gasteiger partial charge in [0.25, 0.3) is 0 Å². The Balaban J connectivity index is 1.24. The minimum Gasteiger partial charge on any atom is -0.292 e. The molecule has 0 spiro atoms. The summed E-state index contributed by atoms with van der Waals surface area (Å²) in [7, 11) is 0. The summed E-state index contributed by atoms with van der Waals surface area (Å²) in [6, 6.07) is 72.6. The molecule has 272 valence electrons. The average Bonchev–Trinajstić information content (AvgIpc) is 3.63. The number of rotatable bonds is 3. The molecule has 2 aromatic heterocycles. The molecule has 59 heavy (non-hydrogen) atoms. The molecule has 13 rings (SSSR count). The molecule has 0 unspecified atom stereocenters. The van der Waals surface area contributed by atoms with Crippen molar-refractivity contribution in [2.45, 2.75) is 0 Å². The van der Waals surface area contributed by atoms with Crippen molar-refractivity contribution < 1.29 is 0 Å². The van der Waals surface area contributed by atoms with E-state index in [-0.39, 0.29) is 0 Å². The minimum atomic E-state index is 0.811. The fraction of sp³-hybridized carbons (Fsp3) is 0. The van der Waals surface area contributed by atoms with E-state index in [1.807, 2.05) is 0 Å². The number of nitrogens with zero attached hydrogens (tertiary/aromatic N) is 3. The number of aromatic nitrogens is 3. The van der Waals surface area contributed by atoms with Crippen molar-refractivity contribution in [2.75, 3.05) is 0 Å². The summed E-state index contributed by atoms with van der Waals surface area (Å²) in [4.78, 5) is 11.4. The van der Waals surface area contributed by atoms with Gasteiger partial charge < -0.3 is 0 Å². The van der Waals surface area contributed by atoms with E-state index in [4.69, 9.17) is 9.97 Å². The number of fused-ring (bicyclic) bond motifs is 15. The zero-order valence-corrected chi connectivity index (χ0v) is 31.9. The molecule has 0 aliphatic carbocycles. The van der Waals surface area contributed by atoms with Crippen LogP contribution in [-0.4, -0.2) is 14.5 Å². The molecule has 13 aromatic rings. The van der Waals surface area contributed by atoms with Crippen molar-refractivity contribution in [3.05, 3.63) is 200 Å². The van der Waals surface area contributed by atoms with Crippen LogP contribution in [0.4, 0.5) is 0 Å². The van der Waals surface area contributed by atoms with Gasteiger partial charge in [0.15, 0.2) is 5.82 Å². The lowest BCUT2D eigenvalue weighted by Crippen LogP contribution is -2.04. The van der Waals surface area contributed by atoms with Crippen LogP contribution in [0.1, 0.15) is 0 Å². The summed E-state index contributed by atoms with van der Waals surface area (Å²) in [5, 5.41) is 16.9. The van der Waals surface area contributed by atoms with Crippen molar-refractivity contribution in [2.24, 2.45) is 0 Å². The van der Waals surface area contributed by atoms with Crippen molar-refractivity contribution in [3.8, 4) is 28.2 Å². The molecule has 0 saturated carbocycles. The molecule has 0 aliphatic heterocycles. The van der Waals surface area contributed by atoms with Gasteiger partial charge in [-0.2, -0.15) is 0 Å². The Kier molecular flexibility index (Phi) is 6.72. The number of hydrogen-bond acceptors (Lipinski definition) is 2. The largest absolute Gasteiger partial charge is 0.292 e. The van der Waals surface area contributed by atoms with Gasteiger partial charge in [0, 0.05) is 27.1 Å². The van der Waals surface area contributed by atoms with Gasteiger partial charge in [0.2, 0.25) is 0 Å². The van der Waals surface area contributed by atoms with Gasteiger partial charge in [-0.3, -0.25) is 4.57 Å². The zero-order valence-electron chi connectivity index (χ0n) is 31.9. The van der Waals surface area contributed by atoms with Gasteiger partial charge in [-0.1, -0.05) is 176 Å². The average molecular weight is 748 g/mol. The van der Waals surface area contributed by atoms with Crippen molar-refractivity contribution in [1.29, 1.82) is 0 Å². The summed E-state index contributed by atoms with van der Waals surface area (Å²) in [5.74, 6) is 0.811. The summed E-state index contributed by atoms with van der Waals surface area (Å²) < 4.78 is 2.41. The summed E-state index contributed by atoms with van der Waals surface area (Å²) in [6.45, 7) is 0. The molecule has 3 nitrogen and oxygen atoms in total. The molecule has 0 fully saturated rings. The van der Waals surface area contributed by atoms with Crippen LogP contribution in [0.2, 0.25) is 0 Å².